The van der Waals surface area contributed by atoms with Crippen LogP contribution in [0.5, 0.6) is 0 Å². The molecule has 0 saturated carbocycles. The number of hydrogen-bond acceptors (Lipinski definition) is 3. The molecule has 1 aliphatic heterocycles. The van der Waals surface area contributed by atoms with Gasteiger partial charge in [0.05, 0.1) is 12.5 Å². The van der Waals surface area contributed by atoms with E-state index >= 15 is 0 Å². The fraction of sp³-hybridized carbons (Fsp3) is 0.353. The Morgan fingerprint density at radius 2 is 2.00 bits per heavy atom. The fourth-order valence-corrected chi connectivity index (χ4v) is 3.47. The largest absolute Gasteiger partial charge is 0.346 e. The van der Waals surface area contributed by atoms with Crippen LogP contribution in [0.4, 0.5) is 4.79 Å². The van der Waals surface area contributed by atoms with E-state index < -0.39 is 0 Å². The molecule has 118 valence electrons. The summed E-state index contributed by atoms with van der Waals surface area (Å²) in [6.45, 7) is 3.61. The van der Waals surface area contributed by atoms with Gasteiger partial charge in [-0.3, -0.25) is 4.57 Å². The lowest BCUT2D eigenvalue weighted by molar-refractivity contribution is 0.218. The van der Waals surface area contributed by atoms with E-state index in [1.807, 2.05) is 42.0 Å². The van der Waals surface area contributed by atoms with E-state index in [0.717, 1.165) is 42.1 Å². The first-order chi connectivity index (χ1) is 11.2. The molecule has 2 amide bonds. The molecule has 3 rings (SSSR count). The number of thiazole rings is 1. The van der Waals surface area contributed by atoms with E-state index in [1.165, 1.54) is 11.3 Å². The van der Waals surface area contributed by atoms with Crippen molar-refractivity contribution < 1.29 is 4.79 Å². The van der Waals surface area contributed by atoms with Crippen molar-refractivity contribution in [3.63, 3.8) is 0 Å². The molecule has 0 atom stereocenters. The van der Waals surface area contributed by atoms with Crippen LogP contribution in [0.15, 0.2) is 35.5 Å². The van der Waals surface area contributed by atoms with Gasteiger partial charge >= 0.3 is 6.03 Å². The highest BCUT2D eigenvalue weighted by Gasteiger charge is 2.17. The molecular formula is C17H18N4OS. The lowest BCUT2D eigenvalue weighted by Gasteiger charge is -2.10. The molecule has 1 aromatic heterocycles. The Balaban J connectivity index is 1.94. The summed E-state index contributed by atoms with van der Waals surface area (Å²) in [6, 6.07) is 9.77. The van der Waals surface area contributed by atoms with E-state index in [1.54, 1.807) is 4.90 Å². The van der Waals surface area contributed by atoms with Gasteiger partial charge in [0.1, 0.15) is 0 Å². The SMILES string of the molecule is Cc1cn(-c2ccc(CC#N)cc2)c(=NC(=O)N2CCCC2)s1. The highest BCUT2D eigenvalue weighted by Crippen LogP contribution is 2.13. The summed E-state index contributed by atoms with van der Waals surface area (Å²) in [7, 11) is 0. The second-order valence-corrected chi connectivity index (χ2v) is 6.80. The minimum absolute atomic E-state index is 0.154. The molecule has 1 aliphatic rings. The molecule has 0 aliphatic carbocycles. The summed E-state index contributed by atoms with van der Waals surface area (Å²) in [5.41, 5.74) is 1.93. The molecule has 6 heteroatoms. The molecule has 2 aromatic rings. The summed E-state index contributed by atoms with van der Waals surface area (Å²) in [5.74, 6) is 0. The van der Waals surface area contributed by atoms with Crippen molar-refractivity contribution in [2.24, 2.45) is 4.99 Å². The highest BCUT2D eigenvalue weighted by molar-refractivity contribution is 7.09. The van der Waals surface area contributed by atoms with Crippen LogP contribution in [0.2, 0.25) is 0 Å². The Morgan fingerprint density at radius 1 is 1.30 bits per heavy atom. The Labute approximate surface area is 139 Å². The van der Waals surface area contributed by atoms with Gasteiger partial charge in [-0.05, 0) is 37.5 Å². The van der Waals surface area contributed by atoms with Crippen molar-refractivity contribution >= 4 is 17.4 Å². The van der Waals surface area contributed by atoms with Gasteiger partial charge in [-0.2, -0.15) is 10.3 Å². The molecule has 2 heterocycles. The Hall–Kier alpha value is -2.39. The molecule has 1 saturated heterocycles. The molecule has 0 radical (unpaired) electrons. The van der Waals surface area contributed by atoms with Gasteiger partial charge in [0.25, 0.3) is 0 Å². The maximum Gasteiger partial charge on any atom is 0.346 e. The Kier molecular flexibility index (Phi) is 4.58. The van der Waals surface area contributed by atoms with Crippen molar-refractivity contribution in [3.05, 3.63) is 45.7 Å². The highest BCUT2D eigenvalue weighted by atomic mass is 32.1. The van der Waals surface area contributed by atoms with Crippen molar-refractivity contribution in [3.8, 4) is 11.8 Å². The number of hydrogen-bond donors (Lipinski definition) is 0. The second-order valence-electron chi connectivity index (χ2n) is 5.58. The van der Waals surface area contributed by atoms with Crippen LogP contribution in [0.3, 0.4) is 0 Å². The lowest BCUT2D eigenvalue weighted by Crippen LogP contribution is -2.27. The molecule has 0 unspecified atom stereocenters. The van der Waals surface area contributed by atoms with E-state index in [-0.39, 0.29) is 6.03 Å². The lowest BCUT2D eigenvalue weighted by atomic mass is 10.1. The molecule has 5 nitrogen and oxygen atoms in total. The third-order valence-corrected chi connectivity index (χ3v) is 4.73. The quantitative estimate of drug-likeness (QED) is 0.851. The first-order valence-corrected chi connectivity index (χ1v) is 8.48. The van der Waals surface area contributed by atoms with Gasteiger partial charge in [0.15, 0.2) is 4.80 Å². The summed E-state index contributed by atoms with van der Waals surface area (Å²) < 4.78 is 1.93. The van der Waals surface area contributed by atoms with Crippen LogP contribution in [0.1, 0.15) is 23.3 Å². The number of nitriles is 1. The van der Waals surface area contributed by atoms with Crippen LogP contribution >= 0.6 is 11.3 Å². The number of carbonyl (C=O) groups excluding carboxylic acids is 1. The van der Waals surface area contributed by atoms with Gasteiger partial charge < -0.3 is 4.90 Å². The molecule has 1 aromatic carbocycles. The molecule has 0 spiro atoms. The average molecular weight is 326 g/mol. The zero-order chi connectivity index (χ0) is 16.2. The topological polar surface area (TPSA) is 61.4 Å². The van der Waals surface area contributed by atoms with E-state index in [4.69, 9.17) is 5.26 Å². The van der Waals surface area contributed by atoms with Crippen molar-refractivity contribution in [1.82, 2.24) is 9.47 Å². The number of benzene rings is 1. The summed E-state index contributed by atoms with van der Waals surface area (Å²) in [5, 5.41) is 8.75. The minimum atomic E-state index is -0.154. The number of carbonyl (C=O) groups is 1. The molecule has 0 bridgehead atoms. The zero-order valence-corrected chi connectivity index (χ0v) is 13.8. The maximum absolute atomic E-state index is 12.3. The number of nitrogens with zero attached hydrogens (tertiary/aromatic N) is 4. The number of amides is 2. The number of likely N-dealkylation sites (tertiary alicyclic amines) is 1. The van der Waals surface area contributed by atoms with Crippen LogP contribution in [0.25, 0.3) is 5.69 Å². The zero-order valence-electron chi connectivity index (χ0n) is 13.0. The van der Waals surface area contributed by atoms with Gasteiger partial charge in [-0.15, -0.1) is 11.3 Å². The number of urea groups is 1. The van der Waals surface area contributed by atoms with Gasteiger partial charge in [-0.1, -0.05) is 12.1 Å². The number of aromatic nitrogens is 1. The van der Waals surface area contributed by atoms with Crippen LogP contribution in [0, 0.1) is 18.3 Å². The van der Waals surface area contributed by atoms with Crippen molar-refractivity contribution in [2.75, 3.05) is 13.1 Å². The van der Waals surface area contributed by atoms with Crippen molar-refractivity contribution in [2.45, 2.75) is 26.2 Å². The first-order valence-electron chi connectivity index (χ1n) is 7.66. The van der Waals surface area contributed by atoms with Gasteiger partial charge in [0, 0.05) is 29.9 Å². The predicted octanol–water partition coefficient (Wildman–Crippen LogP) is 3.03. The normalized spacial score (nSPS) is 15.0. The van der Waals surface area contributed by atoms with Gasteiger partial charge in [-0.25, -0.2) is 4.79 Å². The van der Waals surface area contributed by atoms with E-state index in [0.29, 0.717) is 11.2 Å². The number of rotatable bonds is 2. The Bertz CT molecular complexity index is 804. The molecule has 1 fully saturated rings. The maximum atomic E-state index is 12.3. The fourth-order valence-electron chi connectivity index (χ4n) is 2.64. The first kappa shape index (κ1) is 15.5. The smallest absolute Gasteiger partial charge is 0.323 e. The third kappa shape index (κ3) is 3.51. The van der Waals surface area contributed by atoms with Crippen LogP contribution < -0.4 is 4.80 Å². The van der Waals surface area contributed by atoms with Crippen molar-refractivity contribution in [1.29, 1.82) is 5.26 Å². The van der Waals surface area contributed by atoms with E-state index in [9.17, 15) is 4.79 Å². The predicted molar refractivity (Wildman–Crippen MR) is 89.5 cm³/mol. The average Bonchev–Trinajstić information content (AvgIpc) is 3.18. The van der Waals surface area contributed by atoms with Crippen LogP contribution in [-0.4, -0.2) is 28.6 Å². The molecule has 23 heavy (non-hydrogen) atoms. The summed E-state index contributed by atoms with van der Waals surface area (Å²) in [4.78, 5) is 20.2. The third-order valence-electron chi connectivity index (χ3n) is 3.83. The minimum Gasteiger partial charge on any atom is -0.323 e. The molecular weight excluding hydrogens is 308 g/mol. The molecule has 0 N–H and O–H groups in total. The monoisotopic (exact) mass is 326 g/mol. The summed E-state index contributed by atoms with van der Waals surface area (Å²) in [6.07, 6.45) is 4.51. The Morgan fingerprint density at radius 3 is 2.65 bits per heavy atom. The summed E-state index contributed by atoms with van der Waals surface area (Å²) >= 11 is 1.51. The standard InChI is InChI=1S/C17H18N4OS/c1-13-12-21(15-6-4-14(5-7-15)8-9-18)17(23-13)19-16(22)20-10-2-3-11-20/h4-7,12H,2-3,8,10-11H2,1H3. The number of aryl methyl sites for hydroxylation is 1. The second kappa shape index (κ2) is 6.80. The van der Waals surface area contributed by atoms with Gasteiger partial charge in [0.2, 0.25) is 0 Å². The van der Waals surface area contributed by atoms with E-state index in [2.05, 4.69) is 11.1 Å². The van der Waals surface area contributed by atoms with Crippen LogP contribution in [-0.2, 0) is 6.42 Å².